The maximum absolute atomic E-state index is 12.1. The van der Waals surface area contributed by atoms with Gasteiger partial charge in [0, 0.05) is 22.1 Å². The van der Waals surface area contributed by atoms with Gasteiger partial charge in [-0.25, -0.2) is 4.98 Å². The zero-order valence-electron chi connectivity index (χ0n) is 18.1. The number of rotatable bonds is 7. The summed E-state index contributed by atoms with van der Waals surface area (Å²) < 4.78 is 5.76. The number of carboxylic acid groups (broad SMARTS) is 1. The summed E-state index contributed by atoms with van der Waals surface area (Å²) in [5.74, 6) is -0.274. The van der Waals surface area contributed by atoms with Crippen molar-refractivity contribution < 1.29 is 19.5 Å². The second kappa shape index (κ2) is 9.31. The molecule has 2 aromatic carbocycles. The molecule has 160 valence electrons. The Kier molecular flexibility index (Phi) is 6.33. The molecule has 5 nitrogen and oxygen atoms in total. The number of para-hydroxylation sites is 1. The molecule has 0 fully saturated rings. The highest BCUT2D eigenvalue weighted by Crippen LogP contribution is 2.30. The normalized spacial score (nSPS) is 17.0. The van der Waals surface area contributed by atoms with Gasteiger partial charge in [0.1, 0.15) is 18.8 Å². The number of aromatic nitrogens is 1. The van der Waals surface area contributed by atoms with E-state index in [9.17, 15) is 9.90 Å². The average molecular weight is 417 g/mol. The van der Waals surface area contributed by atoms with E-state index in [4.69, 9.17) is 9.72 Å². The van der Waals surface area contributed by atoms with Gasteiger partial charge in [-0.05, 0) is 43.2 Å². The molecule has 0 bridgehead atoms. The number of carboxylic acids is 1. The van der Waals surface area contributed by atoms with Crippen LogP contribution in [-0.2, 0) is 6.54 Å². The van der Waals surface area contributed by atoms with E-state index in [1.807, 2.05) is 48.5 Å². The van der Waals surface area contributed by atoms with Crippen molar-refractivity contribution in [2.75, 3.05) is 19.7 Å². The maximum Gasteiger partial charge on any atom is 0.119 e. The second-order valence-electron chi connectivity index (χ2n) is 8.02. The summed E-state index contributed by atoms with van der Waals surface area (Å²) in [6.45, 7) is 7.33. The lowest BCUT2D eigenvalue weighted by Gasteiger charge is -2.29. The predicted octanol–water partition coefficient (Wildman–Crippen LogP) is 2.74. The fraction of sp³-hybridized carbons (Fsp3) is 0.308. The molecule has 0 radical (unpaired) electrons. The van der Waals surface area contributed by atoms with Gasteiger partial charge < -0.3 is 19.5 Å². The predicted molar refractivity (Wildman–Crippen MR) is 121 cm³/mol. The number of aromatic carboxylic acids is 1. The number of carbonyl (C=O) groups is 1. The number of likely N-dealkylation sites (N-methyl/N-ethyl adjacent to an activating group) is 1. The number of nitrogens with one attached hydrogen (secondary N) is 1. The van der Waals surface area contributed by atoms with Crippen molar-refractivity contribution in [3.8, 4) is 5.75 Å². The first-order chi connectivity index (χ1) is 15.1. The highest BCUT2D eigenvalue weighted by molar-refractivity contribution is 6.05. The highest BCUT2D eigenvalue weighted by atomic mass is 16.5. The molecule has 0 saturated heterocycles. The Morgan fingerprint density at radius 1 is 1.13 bits per heavy atom. The number of unbranched alkanes of at least 4 members (excludes halogenated alkanes) is 1. The van der Waals surface area contributed by atoms with Crippen molar-refractivity contribution >= 4 is 28.5 Å². The van der Waals surface area contributed by atoms with Crippen molar-refractivity contribution in [1.82, 2.24) is 4.98 Å². The van der Waals surface area contributed by atoms with Gasteiger partial charge in [-0.15, -0.1) is 0 Å². The third-order valence-corrected chi connectivity index (χ3v) is 5.86. The number of nitrogens with zero attached hydrogens (tertiary/aromatic N) is 1. The van der Waals surface area contributed by atoms with Crippen LogP contribution in [0.3, 0.4) is 0 Å². The third-order valence-electron chi connectivity index (χ3n) is 5.86. The molecular weight excluding hydrogens is 388 g/mol. The summed E-state index contributed by atoms with van der Waals surface area (Å²) in [6, 6.07) is 15.4. The van der Waals surface area contributed by atoms with Crippen LogP contribution < -0.4 is 14.7 Å². The van der Waals surface area contributed by atoms with E-state index < -0.39 is 5.97 Å². The SMILES string of the molecule is CCCCOc1ccc(/C=C2\C[NH+](CC)Cc3c2nc2ccccc2c3C(=O)[O-])cc1. The van der Waals surface area contributed by atoms with Crippen LogP contribution in [0.2, 0.25) is 0 Å². The molecule has 0 spiro atoms. The molecule has 0 saturated carbocycles. The lowest BCUT2D eigenvalue weighted by Crippen LogP contribution is -3.11. The first-order valence-corrected chi connectivity index (χ1v) is 11.0. The van der Waals surface area contributed by atoms with Crippen LogP contribution in [0.15, 0.2) is 48.5 Å². The van der Waals surface area contributed by atoms with Crippen molar-refractivity contribution in [3.05, 3.63) is 70.9 Å². The Morgan fingerprint density at radius 3 is 2.61 bits per heavy atom. The van der Waals surface area contributed by atoms with Crippen molar-refractivity contribution in [2.24, 2.45) is 0 Å². The van der Waals surface area contributed by atoms with Crippen LogP contribution in [0.25, 0.3) is 22.6 Å². The van der Waals surface area contributed by atoms with E-state index in [0.29, 0.717) is 17.4 Å². The van der Waals surface area contributed by atoms with Gasteiger partial charge in [0.25, 0.3) is 0 Å². The average Bonchev–Trinajstić information content (AvgIpc) is 2.78. The van der Waals surface area contributed by atoms with Gasteiger partial charge in [0.15, 0.2) is 0 Å². The zero-order chi connectivity index (χ0) is 21.8. The number of carbonyl (C=O) groups excluding carboxylic acids is 1. The van der Waals surface area contributed by atoms with Gasteiger partial charge in [-0.3, -0.25) is 0 Å². The molecule has 31 heavy (non-hydrogen) atoms. The summed E-state index contributed by atoms with van der Waals surface area (Å²) in [6.07, 6.45) is 4.26. The molecule has 2 heterocycles. The smallest absolute Gasteiger partial charge is 0.119 e. The molecule has 5 heteroatoms. The van der Waals surface area contributed by atoms with E-state index in [-0.39, 0.29) is 5.56 Å². The fourth-order valence-electron chi connectivity index (χ4n) is 4.15. The first-order valence-electron chi connectivity index (χ1n) is 11.0. The Hall–Kier alpha value is -3.18. The molecule has 0 amide bonds. The van der Waals surface area contributed by atoms with E-state index in [1.165, 1.54) is 4.90 Å². The maximum atomic E-state index is 12.1. The minimum Gasteiger partial charge on any atom is -0.545 e. The van der Waals surface area contributed by atoms with Crippen LogP contribution in [0.4, 0.5) is 0 Å². The summed E-state index contributed by atoms with van der Waals surface area (Å²) in [5, 5.41) is 12.8. The summed E-state index contributed by atoms with van der Waals surface area (Å²) in [4.78, 5) is 18.3. The van der Waals surface area contributed by atoms with Gasteiger partial charge >= 0.3 is 0 Å². The molecule has 1 aromatic heterocycles. The molecular formula is C26H28N2O3. The summed E-state index contributed by atoms with van der Waals surface area (Å²) in [7, 11) is 0. The van der Waals surface area contributed by atoms with Crippen molar-refractivity contribution in [3.63, 3.8) is 0 Å². The molecule has 0 aliphatic carbocycles. The fourth-order valence-corrected chi connectivity index (χ4v) is 4.15. The Balaban J connectivity index is 1.77. The Labute approximate surface area is 183 Å². The van der Waals surface area contributed by atoms with E-state index in [0.717, 1.165) is 60.7 Å². The van der Waals surface area contributed by atoms with Crippen LogP contribution >= 0.6 is 0 Å². The highest BCUT2D eigenvalue weighted by Gasteiger charge is 2.28. The molecule has 1 aliphatic heterocycles. The number of pyridine rings is 1. The number of benzene rings is 2. The van der Waals surface area contributed by atoms with Crippen LogP contribution in [-0.4, -0.2) is 30.6 Å². The van der Waals surface area contributed by atoms with Gasteiger partial charge in [0.2, 0.25) is 0 Å². The molecule has 1 unspecified atom stereocenters. The number of hydrogen-bond donors (Lipinski definition) is 1. The van der Waals surface area contributed by atoms with Crippen LogP contribution in [0.1, 0.15) is 53.9 Å². The number of quaternary nitrogens is 1. The van der Waals surface area contributed by atoms with Gasteiger partial charge in [0.05, 0.1) is 30.3 Å². The van der Waals surface area contributed by atoms with E-state index in [2.05, 4.69) is 19.9 Å². The molecule has 1 aliphatic rings. The summed E-state index contributed by atoms with van der Waals surface area (Å²) in [5.41, 5.74) is 4.60. The van der Waals surface area contributed by atoms with E-state index >= 15 is 0 Å². The minimum absolute atomic E-state index is 0.275. The monoisotopic (exact) mass is 416 g/mol. The molecule has 3 aromatic rings. The number of hydrogen-bond acceptors (Lipinski definition) is 4. The summed E-state index contributed by atoms with van der Waals surface area (Å²) >= 11 is 0. The molecule has 4 rings (SSSR count). The largest absolute Gasteiger partial charge is 0.545 e. The quantitative estimate of drug-likeness (QED) is 0.602. The van der Waals surface area contributed by atoms with Gasteiger partial charge in [-0.1, -0.05) is 43.7 Å². The second-order valence-corrected chi connectivity index (χ2v) is 8.02. The lowest BCUT2D eigenvalue weighted by molar-refractivity contribution is -0.905. The third kappa shape index (κ3) is 4.47. The van der Waals surface area contributed by atoms with Crippen LogP contribution in [0.5, 0.6) is 5.75 Å². The molecule has 1 atom stereocenters. The van der Waals surface area contributed by atoms with Gasteiger partial charge in [-0.2, -0.15) is 0 Å². The minimum atomic E-state index is -1.14. The number of ether oxygens (including phenoxy) is 1. The Morgan fingerprint density at radius 2 is 1.90 bits per heavy atom. The first kappa shape index (κ1) is 21.1. The molecule has 1 N–H and O–H groups in total. The zero-order valence-corrected chi connectivity index (χ0v) is 18.1. The standard InChI is InChI=1S/C26H28N2O3/c1-3-5-14-31-20-12-10-18(11-13-20)15-19-16-28(4-2)17-22-24(26(29)30)21-8-6-7-9-23(21)27-25(19)22/h6-13,15H,3-5,14,16-17H2,1-2H3,(H,29,30)/b19-15+. The van der Waals surface area contributed by atoms with E-state index in [1.54, 1.807) is 0 Å². The Bertz CT molecular complexity index is 1120. The number of fused-ring (bicyclic) bond motifs is 2. The van der Waals surface area contributed by atoms with Crippen molar-refractivity contribution in [1.29, 1.82) is 0 Å². The topological polar surface area (TPSA) is 66.7 Å². The van der Waals surface area contributed by atoms with Crippen LogP contribution in [0, 0.1) is 0 Å². The van der Waals surface area contributed by atoms with Crippen molar-refractivity contribution in [2.45, 2.75) is 33.2 Å². The lowest BCUT2D eigenvalue weighted by atomic mass is 9.92.